The van der Waals surface area contributed by atoms with Gasteiger partial charge in [-0.15, -0.1) is 0 Å². The van der Waals surface area contributed by atoms with Crippen molar-refractivity contribution in [1.29, 1.82) is 0 Å². The highest BCUT2D eigenvalue weighted by Gasteiger charge is 2.16. The molecule has 31 heavy (non-hydrogen) atoms. The van der Waals surface area contributed by atoms with Crippen LogP contribution in [-0.4, -0.2) is 28.7 Å². The number of anilines is 1. The zero-order chi connectivity index (χ0) is 22.5. The molecule has 0 aliphatic heterocycles. The molecule has 0 aliphatic carbocycles. The zero-order valence-electron chi connectivity index (χ0n) is 18.3. The molecule has 160 valence electrons. The van der Waals surface area contributed by atoms with E-state index in [2.05, 4.69) is 10.6 Å². The predicted molar refractivity (Wildman–Crippen MR) is 121 cm³/mol. The van der Waals surface area contributed by atoms with Crippen molar-refractivity contribution in [1.82, 2.24) is 9.88 Å². The molecule has 3 aromatic rings. The molecule has 2 aromatic carbocycles. The van der Waals surface area contributed by atoms with E-state index in [1.54, 1.807) is 35.9 Å². The van der Waals surface area contributed by atoms with E-state index in [1.807, 2.05) is 51.1 Å². The predicted octanol–water partition coefficient (Wildman–Crippen LogP) is 3.48. The number of hydrogen-bond acceptors (Lipinski definition) is 3. The molecule has 0 aliphatic rings. The molecule has 2 amide bonds. The van der Waals surface area contributed by atoms with E-state index in [1.165, 1.54) is 0 Å². The van der Waals surface area contributed by atoms with Crippen LogP contribution in [0.3, 0.4) is 0 Å². The molecule has 0 unspecified atom stereocenters. The van der Waals surface area contributed by atoms with Crippen LogP contribution in [0.25, 0.3) is 0 Å². The Morgan fingerprint density at radius 3 is 2.29 bits per heavy atom. The van der Waals surface area contributed by atoms with Crippen molar-refractivity contribution in [3.05, 3.63) is 88.2 Å². The van der Waals surface area contributed by atoms with Gasteiger partial charge < -0.3 is 15.2 Å². The third-order valence-corrected chi connectivity index (χ3v) is 5.44. The maximum absolute atomic E-state index is 12.7. The average Bonchev–Trinajstić information content (AvgIpc) is 3.10. The largest absolute Gasteiger partial charge is 0.347 e. The third-order valence-electron chi connectivity index (χ3n) is 5.44. The fraction of sp³-hybridized carbons (Fsp3) is 0.240. The number of carbonyl (C=O) groups excluding carboxylic acids is 3. The molecule has 6 nitrogen and oxygen atoms in total. The highest BCUT2D eigenvalue weighted by Crippen LogP contribution is 2.18. The second kappa shape index (κ2) is 9.43. The summed E-state index contributed by atoms with van der Waals surface area (Å²) in [6, 6.07) is 16.6. The lowest BCUT2D eigenvalue weighted by Gasteiger charge is -2.11. The number of hydrogen-bond donors (Lipinski definition) is 2. The molecule has 0 saturated heterocycles. The molecule has 0 bridgehead atoms. The maximum atomic E-state index is 12.7. The van der Waals surface area contributed by atoms with Crippen molar-refractivity contribution in [3.63, 3.8) is 0 Å². The first-order valence-electron chi connectivity index (χ1n) is 10.1. The first-order valence-corrected chi connectivity index (χ1v) is 10.1. The summed E-state index contributed by atoms with van der Waals surface area (Å²) in [5, 5.41) is 5.46. The van der Waals surface area contributed by atoms with Crippen molar-refractivity contribution < 1.29 is 14.4 Å². The number of amides is 2. The van der Waals surface area contributed by atoms with E-state index in [-0.39, 0.29) is 30.6 Å². The van der Waals surface area contributed by atoms with E-state index in [9.17, 15) is 14.4 Å². The van der Waals surface area contributed by atoms with Gasteiger partial charge >= 0.3 is 0 Å². The van der Waals surface area contributed by atoms with Gasteiger partial charge in [0.15, 0.2) is 0 Å². The summed E-state index contributed by atoms with van der Waals surface area (Å²) < 4.78 is 1.72. The normalized spacial score (nSPS) is 10.6. The van der Waals surface area contributed by atoms with Crippen LogP contribution in [-0.2, 0) is 23.1 Å². The number of nitrogens with zero attached hydrogens (tertiary/aromatic N) is 1. The summed E-state index contributed by atoms with van der Waals surface area (Å²) in [4.78, 5) is 37.3. The van der Waals surface area contributed by atoms with Gasteiger partial charge in [0.25, 0.3) is 0 Å². The van der Waals surface area contributed by atoms with Crippen molar-refractivity contribution >= 4 is 23.3 Å². The molecule has 0 saturated carbocycles. The average molecular weight is 418 g/mol. The summed E-state index contributed by atoms with van der Waals surface area (Å²) >= 11 is 0. The van der Waals surface area contributed by atoms with Crippen LogP contribution in [0.4, 0.5) is 5.69 Å². The van der Waals surface area contributed by atoms with Crippen LogP contribution < -0.4 is 10.6 Å². The lowest BCUT2D eigenvalue weighted by molar-refractivity contribution is -0.123. The Labute approximate surface area is 182 Å². The van der Waals surface area contributed by atoms with Crippen molar-refractivity contribution in [2.75, 3.05) is 11.9 Å². The third kappa shape index (κ3) is 5.28. The van der Waals surface area contributed by atoms with Crippen LogP contribution in [0.15, 0.2) is 54.6 Å². The summed E-state index contributed by atoms with van der Waals surface area (Å²) in [7, 11) is 1.76. The van der Waals surface area contributed by atoms with Gasteiger partial charge in [-0.2, -0.15) is 0 Å². The lowest BCUT2D eigenvalue weighted by Crippen LogP contribution is -2.34. The summed E-state index contributed by atoms with van der Waals surface area (Å²) in [6.45, 7) is 5.76. The van der Waals surface area contributed by atoms with E-state index < -0.39 is 0 Å². The van der Waals surface area contributed by atoms with Gasteiger partial charge in [-0.05, 0) is 50.1 Å². The minimum absolute atomic E-state index is 0.0778. The van der Waals surface area contributed by atoms with Crippen molar-refractivity contribution in [3.8, 4) is 0 Å². The fourth-order valence-electron chi connectivity index (χ4n) is 3.30. The molecule has 2 N–H and O–H groups in total. The minimum Gasteiger partial charge on any atom is -0.347 e. The number of benzene rings is 2. The van der Waals surface area contributed by atoms with Gasteiger partial charge in [0.1, 0.15) is 0 Å². The Balaban J connectivity index is 1.57. The lowest BCUT2D eigenvalue weighted by atomic mass is 10.1. The van der Waals surface area contributed by atoms with Crippen molar-refractivity contribution in [2.45, 2.75) is 27.2 Å². The van der Waals surface area contributed by atoms with Crippen LogP contribution in [0.2, 0.25) is 0 Å². The van der Waals surface area contributed by atoms with Gasteiger partial charge in [0.2, 0.25) is 17.6 Å². The highest BCUT2D eigenvalue weighted by atomic mass is 16.2. The van der Waals surface area contributed by atoms with E-state index in [0.29, 0.717) is 17.0 Å². The van der Waals surface area contributed by atoms with Crippen LogP contribution in [0.5, 0.6) is 0 Å². The highest BCUT2D eigenvalue weighted by molar-refractivity contribution is 6.08. The molecule has 0 atom stereocenters. The summed E-state index contributed by atoms with van der Waals surface area (Å²) in [5.41, 5.74) is 5.72. The Kier molecular flexibility index (Phi) is 6.70. The molecule has 1 heterocycles. The molecular weight excluding hydrogens is 390 g/mol. The monoisotopic (exact) mass is 417 g/mol. The number of aromatic nitrogens is 1. The minimum atomic E-state index is -0.288. The number of carbonyl (C=O) groups is 3. The van der Waals surface area contributed by atoms with E-state index >= 15 is 0 Å². The van der Waals surface area contributed by atoms with Crippen molar-refractivity contribution in [2.24, 2.45) is 7.05 Å². The standard InChI is InChI=1S/C25H27N3O3/c1-16-8-10-19(11-9-16)25(31)22-13-12-20(28(22)4)14-23(29)26-15-24(30)27-21-7-5-6-17(2)18(21)3/h5-13H,14-15H2,1-4H3,(H,26,29)(H,27,30). The molecular formula is C25H27N3O3. The maximum Gasteiger partial charge on any atom is 0.243 e. The number of rotatable bonds is 7. The molecule has 1 aromatic heterocycles. The summed E-state index contributed by atoms with van der Waals surface area (Å²) in [6.07, 6.45) is 0.0778. The molecule has 6 heteroatoms. The zero-order valence-corrected chi connectivity index (χ0v) is 18.3. The Morgan fingerprint density at radius 2 is 1.58 bits per heavy atom. The van der Waals surface area contributed by atoms with Gasteiger partial charge in [-0.25, -0.2) is 0 Å². The summed E-state index contributed by atoms with van der Waals surface area (Å²) in [5.74, 6) is -0.669. The number of aryl methyl sites for hydroxylation is 2. The fourth-order valence-corrected chi connectivity index (χ4v) is 3.30. The Morgan fingerprint density at radius 1 is 0.871 bits per heavy atom. The quantitative estimate of drug-likeness (QED) is 0.578. The number of nitrogens with one attached hydrogen (secondary N) is 2. The first-order chi connectivity index (χ1) is 14.8. The van der Waals surface area contributed by atoms with Gasteiger partial charge in [0, 0.05) is 24.0 Å². The molecule has 0 spiro atoms. The number of ketones is 1. The molecule has 3 rings (SSSR count). The van der Waals surface area contributed by atoms with Crippen LogP contribution in [0.1, 0.15) is 38.4 Å². The van der Waals surface area contributed by atoms with E-state index in [4.69, 9.17) is 0 Å². The SMILES string of the molecule is Cc1ccc(C(=O)c2ccc(CC(=O)NCC(=O)Nc3cccc(C)c3C)n2C)cc1. The van der Waals surface area contributed by atoms with Gasteiger partial charge in [-0.3, -0.25) is 14.4 Å². The Bertz CT molecular complexity index is 1130. The second-order valence-corrected chi connectivity index (χ2v) is 7.71. The topological polar surface area (TPSA) is 80.2 Å². The van der Waals surface area contributed by atoms with Gasteiger partial charge in [0.05, 0.1) is 18.7 Å². The smallest absolute Gasteiger partial charge is 0.243 e. The Hall–Kier alpha value is -3.67. The molecule has 0 fully saturated rings. The van der Waals surface area contributed by atoms with E-state index in [0.717, 1.165) is 22.4 Å². The first kappa shape index (κ1) is 22.0. The second-order valence-electron chi connectivity index (χ2n) is 7.71. The van der Waals surface area contributed by atoms with Crippen LogP contribution in [0, 0.1) is 20.8 Å². The van der Waals surface area contributed by atoms with Gasteiger partial charge in [-0.1, -0.05) is 42.0 Å². The molecule has 0 radical (unpaired) electrons. The van der Waals surface area contributed by atoms with Crippen LogP contribution >= 0.6 is 0 Å².